The second-order valence-corrected chi connectivity index (χ2v) is 5.65. The highest BCUT2D eigenvalue weighted by atomic mass is 16.5. The zero-order chi connectivity index (χ0) is 14.7. The summed E-state index contributed by atoms with van der Waals surface area (Å²) < 4.78 is 6.16. The van der Waals surface area contributed by atoms with E-state index in [-0.39, 0.29) is 18.1 Å². The van der Waals surface area contributed by atoms with Crippen molar-refractivity contribution < 1.29 is 9.53 Å². The van der Waals surface area contributed by atoms with Crippen LogP contribution >= 0.6 is 0 Å². The van der Waals surface area contributed by atoms with E-state index in [1.807, 2.05) is 6.92 Å². The Morgan fingerprint density at radius 3 is 2.35 bits per heavy atom. The number of hydrogen-bond donors (Lipinski definition) is 1. The van der Waals surface area contributed by atoms with Gasteiger partial charge in [-0.25, -0.2) is 0 Å². The third-order valence-corrected chi connectivity index (χ3v) is 4.13. The number of nitrogens with zero attached hydrogens (tertiary/aromatic N) is 1. The molecule has 0 bridgehead atoms. The minimum atomic E-state index is -0.251. The molecule has 0 spiro atoms. The average molecular weight is 276 g/mol. The van der Waals surface area contributed by atoms with Gasteiger partial charge < -0.3 is 10.5 Å². The molecule has 0 aromatic heterocycles. The molecule has 0 saturated carbocycles. The van der Waals surface area contributed by atoms with Crippen LogP contribution in [0.2, 0.25) is 0 Å². The molecular weight excluding hydrogens is 252 g/mol. The Labute approximate surface area is 120 Å². The van der Waals surface area contributed by atoms with Crippen molar-refractivity contribution in [2.24, 2.45) is 5.73 Å². The van der Waals surface area contributed by atoms with Gasteiger partial charge in [0, 0.05) is 13.1 Å². The van der Waals surface area contributed by atoms with Crippen molar-refractivity contribution in [3.05, 3.63) is 29.3 Å². The lowest BCUT2D eigenvalue weighted by atomic mass is 10.0. The molecule has 0 unspecified atom stereocenters. The lowest BCUT2D eigenvalue weighted by Gasteiger charge is -2.35. The van der Waals surface area contributed by atoms with E-state index in [4.69, 9.17) is 10.5 Å². The number of amides is 1. The van der Waals surface area contributed by atoms with Crippen molar-refractivity contribution >= 4 is 5.91 Å². The zero-order valence-corrected chi connectivity index (χ0v) is 12.6. The van der Waals surface area contributed by atoms with Gasteiger partial charge in [0.25, 0.3) is 0 Å². The fourth-order valence-electron chi connectivity index (χ4n) is 2.71. The second-order valence-electron chi connectivity index (χ2n) is 5.65. The van der Waals surface area contributed by atoms with Crippen molar-refractivity contribution in [1.82, 2.24) is 4.90 Å². The molecule has 1 amide bonds. The number of rotatable bonds is 4. The number of hydrogen-bond acceptors (Lipinski definition) is 3. The first-order valence-electron chi connectivity index (χ1n) is 7.25. The van der Waals surface area contributed by atoms with Crippen LogP contribution in [0, 0.1) is 13.8 Å². The molecule has 1 aliphatic heterocycles. The van der Waals surface area contributed by atoms with E-state index in [1.54, 1.807) is 0 Å². The highest BCUT2D eigenvalue weighted by Gasteiger charge is 2.26. The van der Waals surface area contributed by atoms with Gasteiger partial charge in [-0.2, -0.15) is 0 Å². The molecule has 110 valence electrons. The van der Waals surface area contributed by atoms with Crippen molar-refractivity contribution in [2.45, 2.75) is 45.8 Å². The maximum Gasteiger partial charge on any atom is 0.234 e. The number of primary amides is 1. The van der Waals surface area contributed by atoms with E-state index in [2.05, 4.69) is 36.9 Å². The van der Waals surface area contributed by atoms with Gasteiger partial charge in [0.1, 0.15) is 11.9 Å². The molecule has 0 radical (unpaired) electrons. The number of para-hydroxylation sites is 1. The third kappa shape index (κ3) is 3.31. The van der Waals surface area contributed by atoms with E-state index in [1.165, 1.54) is 11.1 Å². The van der Waals surface area contributed by atoms with Crippen molar-refractivity contribution in [2.75, 3.05) is 13.1 Å². The zero-order valence-electron chi connectivity index (χ0n) is 12.6. The number of piperidine rings is 1. The summed E-state index contributed by atoms with van der Waals surface area (Å²) in [6.45, 7) is 7.74. The van der Waals surface area contributed by atoms with Crippen molar-refractivity contribution in [3.8, 4) is 5.75 Å². The van der Waals surface area contributed by atoms with Gasteiger partial charge in [0.15, 0.2) is 0 Å². The summed E-state index contributed by atoms with van der Waals surface area (Å²) in [7, 11) is 0. The maximum absolute atomic E-state index is 11.2. The van der Waals surface area contributed by atoms with Gasteiger partial charge in [-0.15, -0.1) is 0 Å². The van der Waals surface area contributed by atoms with E-state index in [0.29, 0.717) is 0 Å². The van der Waals surface area contributed by atoms with Gasteiger partial charge in [-0.3, -0.25) is 9.69 Å². The Kier molecular flexibility index (Phi) is 4.65. The number of ether oxygens (including phenoxy) is 1. The number of carbonyl (C=O) groups is 1. The van der Waals surface area contributed by atoms with Crippen LogP contribution in [0.5, 0.6) is 5.75 Å². The summed E-state index contributed by atoms with van der Waals surface area (Å²) in [6.07, 6.45) is 2.10. The lowest BCUT2D eigenvalue weighted by molar-refractivity contribution is -0.123. The van der Waals surface area contributed by atoms with Crippen LogP contribution in [0.4, 0.5) is 0 Å². The molecule has 0 aliphatic carbocycles. The third-order valence-electron chi connectivity index (χ3n) is 4.13. The van der Waals surface area contributed by atoms with Crippen molar-refractivity contribution in [3.63, 3.8) is 0 Å². The van der Waals surface area contributed by atoms with E-state index >= 15 is 0 Å². The molecule has 1 aromatic rings. The smallest absolute Gasteiger partial charge is 0.234 e. The van der Waals surface area contributed by atoms with E-state index in [9.17, 15) is 4.79 Å². The van der Waals surface area contributed by atoms with Gasteiger partial charge in [0.2, 0.25) is 5.91 Å². The first-order valence-corrected chi connectivity index (χ1v) is 7.25. The minimum Gasteiger partial charge on any atom is -0.490 e. The predicted octanol–water partition coefficient (Wildman–Crippen LogP) is 2.02. The Hall–Kier alpha value is -1.55. The predicted molar refractivity (Wildman–Crippen MR) is 79.8 cm³/mol. The molecule has 1 fully saturated rings. The van der Waals surface area contributed by atoms with Gasteiger partial charge >= 0.3 is 0 Å². The van der Waals surface area contributed by atoms with E-state index in [0.717, 1.165) is 31.7 Å². The summed E-state index contributed by atoms with van der Waals surface area (Å²) in [5.41, 5.74) is 7.71. The molecule has 1 aliphatic rings. The number of benzene rings is 1. The van der Waals surface area contributed by atoms with Gasteiger partial charge in [-0.1, -0.05) is 18.2 Å². The summed E-state index contributed by atoms with van der Waals surface area (Å²) >= 11 is 0. The highest BCUT2D eigenvalue weighted by molar-refractivity contribution is 5.79. The maximum atomic E-state index is 11.2. The molecule has 4 heteroatoms. The van der Waals surface area contributed by atoms with Gasteiger partial charge in [0.05, 0.1) is 6.04 Å². The van der Waals surface area contributed by atoms with E-state index < -0.39 is 0 Å². The average Bonchev–Trinajstić information content (AvgIpc) is 2.43. The molecular formula is C16H24N2O2. The monoisotopic (exact) mass is 276 g/mol. The number of carbonyl (C=O) groups excluding carboxylic acids is 1. The summed E-state index contributed by atoms with van der Waals surface area (Å²) in [5, 5.41) is 0. The SMILES string of the molecule is Cc1cccc(C)c1OC1CCN([C@H](C)C(N)=O)CC1. The Balaban J connectivity index is 1.93. The minimum absolute atomic E-state index is 0.184. The topological polar surface area (TPSA) is 55.6 Å². The quantitative estimate of drug-likeness (QED) is 0.915. The Morgan fingerprint density at radius 1 is 1.30 bits per heavy atom. The molecule has 4 nitrogen and oxygen atoms in total. The summed E-state index contributed by atoms with van der Waals surface area (Å²) in [4.78, 5) is 13.3. The van der Waals surface area contributed by atoms with Crippen LogP contribution in [0.25, 0.3) is 0 Å². The molecule has 1 saturated heterocycles. The largest absolute Gasteiger partial charge is 0.490 e. The van der Waals surface area contributed by atoms with Crippen LogP contribution in [0.15, 0.2) is 18.2 Å². The number of aryl methyl sites for hydroxylation is 2. The van der Waals surface area contributed by atoms with Crippen molar-refractivity contribution in [1.29, 1.82) is 0 Å². The van der Waals surface area contributed by atoms with Crippen LogP contribution in [-0.4, -0.2) is 36.0 Å². The first kappa shape index (κ1) is 14.9. The molecule has 1 aromatic carbocycles. The number of likely N-dealkylation sites (tertiary alicyclic amines) is 1. The van der Waals surface area contributed by atoms with Crippen LogP contribution in [-0.2, 0) is 4.79 Å². The molecule has 20 heavy (non-hydrogen) atoms. The van der Waals surface area contributed by atoms with Crippen LogP contribution < -0.4 is 10.5 Å². The normalized spacial score (nSPS) is 18.8. The van der Waals surface area contributed by atoms with Crippen LogP contribution in [0.3, 0.4) is 0 Å². The Bertz CT molecular complexity index is 459. The fourth-order valence-corrected chi connectivity index (χ4v) is 2.71. The van der Waals surface area contributed by atoms with Gasteiger partial charge in [-0.05, 0) is 44.7 Å². The molecule has 1 heterocycles. The highest BCUT2D eigenvalue weighted by Crippen LogP contribution is 2.26. The standard InChI is InChI=1S/C16H24N2O2/c1-11-5-4-6-12(2)15(11)20-14-7-9-18(10-8-14)13(3)16(17)19/h4-6,13-14H,7-10H2,1-3H3,(H2,17,19)/t13-/m1/s1. The Morgan fingerprint density at radius 2 is 1.85 bits per heavy atom. The summed E-state index contributed by atoms with van der Waals surface area (Å²) in [5.74, 6) is 0.757. The molecule has 2 N–H and O–H groups in total. The van der Waals surface area contributed by atoms with Crippen LogP contribution in [0.1, 0.15) is 30.9 Å². The summed E-state index contributed by atoms with van der Waals surface area (Å²) in [6, 6.07) is 6.02. The molecule has 1 atom stereocenters. The molecule has 2 rings (SSSR count). The first-order chi connectivity index (χ1) is 9.49. The lowest BCUT2D eigenvalue weighted by Crippen LogP contribution is -2.48. The second kappa shape index (κ2) is 6.27. The fraction of sp³-hybridized carbons (Fsp3) is 0.562. The number of nitrogens with two attached hydrogens (primary N) is 1.